The molecule has 0 unspecified atom stereocenters. The molecule has 1 aliphatic rings. The summed E-state index contributed by atoms with van der Waals surface area (Å²) in [6.45, 7) is 5.33. The van der Waals surface area contributed by atoms with Crippen molar-refractivity contribution in [1.82, 2.24) is 29.5 Å². The van der Waals surface area contributed by atoms with E-state index in [9.17, 15) is 4.79 Å². The quantitative estimate of drug-likeness (QED) is 0.614. The number of nitrogens with zero attached hydrogens (tertiary/aromatic N) is 6. The summed E-state index contributed by atoms with van der Waals surface area (Å²) in [6, 6.07) is 7.92. The van der Waals surface area contributed by atoms with Gasteiger partial charge in [0.1, 0.15) is 25.0 Å². The third-order valence-electron chi connectivity index (χ3n) is 5.58. The summed E-state index contributed by atoms with van der Waals surface area (Å²) in [7, 11) is 0. The van der Waals surface area contributed by atoms with Crippen LogP contribution in [0.1, 0.15) is 66.1 Å². The summed E-state index contributed by atoms with van der Waals surface area (Å²) in [4.78, 5) is 22.1. The predicted molar refractivity (Wildman–Crippen MR) is 105 cm³/mol. The van der Waals surface area contributed by atoms with Gasteiger partial charge in [0, 0.05) is 23.9 Å². The molecule has 7 heteroatoms. The van der Waals surface area contributed by atoms with Crippen LogP contribution in [-0.4, -0.2) is 35.3 Å². The standard InChI is InChI=1S/C21H26N6O/c1-3-27-21(24-19(25-27)12-26-14-22-13-23-26)18-7-5-4-6-17(18)20(28)16-10-8-15(2)9-11-16/h8-11,13-14,17-18H,3-7,12H2,1-2H3/t17-,18+/m1/s1. The van der Waals surface area contributed by atoms with Crippen LogP contribution in [0.2, 0.25) is 0 Å². The maximum atomic E-state index is 13.3. The van der Waals surface area contributed by atoms with Gasteiger partial charge in [-0.3, -0.25) is 4.79 Å². The van der Waals surface area contributed by atoms with Gasteiger partial charge in [-0.2, -0.15) is 10.2 Å². The van der Waals surface area contributed by atoms with Crippen molar-refractivity contribution in [2.45, 2.75) is 58.5 Å². The van der Waals surface area contributed by atoms with Gasteiger partial charge in [-0.1, -0.05) is 42.7 Å². The molecular weight excluding hydrogens is 352 g/mol. The van der Waals surface area contributed by atoms with Crippen molar-refractivity contribution >= 4 is 5.78 Å². The lowest BCUT2D eigenvalue weighted by Gasteiger charge is -2.30. The monoisotopic (exact) mass is 378 g/mol. The number of carbonyl (C=O) groups is 1. The molecule has 3 aromatic rings. The third kappa shape index (κ3) is 3.74. The summed E-state index contributed by atoms with van der Waals surface area (Å²) < 4.78 is 3.67. The SMILES string of the molecule is CCn1nc(Cn2cncn2)nc1[C@H]1CCCC[C@H]1C(=O)c1ccc(C)cc1. The molecule has 1 fully saturated rings. The zero-order valence-electron chi connectivity index (χ0n) is 16.5. The largest absolute Gasteiger partial charge is 0.294 e. The number of benzene rings is 1. The first-order valence-corrected chi connectivity index (χ1v) is 10.0. The van der Waals surface area contributed by atoms with Crippen LogP contribution in [0, 0.1) is 12.8 Å². The Kier molecular flexibility index (Phi) is 5.32. The highest BCUT2D eigenvalue weighted by Crippen LogP contribution is 2.39. The lowest BCUT2D eigenvalue weighted by atomic mass is 9.75. The molecule has 0 aliphatic heterocycles. The predicted octanol–water partition coefficient (Wildman–Crippen LogP) is 3.40. The molecule has 4 rings (SSSR count). The molecule has 7 nitrogen and oxygen atoms in total. The molecule has 0 saturated heterocycles. The zero-order chi connectivity index (χ0) is 19.5. The second kappa shape index (κ2) is 8.04. The molecule has 0 N–H and O–H groups in total. The molecule has 0 bridgehead atoms. The molecule has 146 valence electrons. The van der Waals surface area contributed by atoms with Crippen LogP contribution >= 0.6 is 0 Å². The summed E-state index contributed by atoms with van der Waals surface area (Å²) in [5, 5.41) is 8.80. The minimum absolute atomic E-state index is 0.0369. The molecule has 0 spiro atoms. The Morgan fingerprint density at radius 2 is 1.96 bits per heavy atom. The Hall–Kier alpha value is -2.83. The fourth-order valence-electron chi connectivity index (χ4n) is 4.12. The van der Waals surface area contributed by atoms with E-state index in [0.717, 1.165) is 49.4 Å². The van der Waals surface area contributed by atoms with Gasteiger partial charge in [0.05, 0.1) is 0 Å². The molecule has 1 aliphatic carbocycles. The number of aromatic nitrogens is 6. The van der Waals surface area contributed by atoms with Gasteiger partial charge in [-0.15, -0.1) is 0 Å². The Balaban J connectivity index is 1.62. The van der Waals surface area contributed by atoms with Crippen molar-refractivity contribution in [3.8, 4) is 0 Å². The van der Waals surface area contributed by atoms with Crippen molar-refractivity contribution in [1.29, 1.82) is 0 Å². The summed E-state index contributed by atoms with van der Waals surface area (Å²) in [6.07, 6.45) is 7.27. The number of ketones is 1. The maximum absolute atomic E-state index is 13.3. The van der Waals surface area contributed by atoms with Crippen LogP contribution in [0.4, 0.5) is 0 Å². The number of hydrogen-bond acceptors (Lipinski definition) is 5. The van der Waals surface area contributed by atoms with E-state index in [1.165, 1.54) is 11.9 Å². The Morgan fingerprint density at radius 3 is 2.68 bits per heavy atom. The summed E-state index contributed by atoms with van der Waals surface area (Å²) in [5.41, 5.74) is 1.97. The molecule has 1 saturated carbocycles. The zero-order valence-corrected chi connectivity index (χ0v) is 16.5. The summed E-state index contributed by atoms with van der Waals surface area (Å²) >= 11 is 0. The lowest BCUT2D eigenvalue weighted by molar-refractivity contribution is 0.0862. The molecular formula is C21H26N6O. The first-order valence-electron chi connectivity index (χ1n) is 10.0. The second-order valence-electron chi connectivity index (χ2n) is 7.52. The molecule has 0 amide bonds. The first-order chi connectivity index (χ1) is 13.7. The number of hydrogen-bond donors (Lipinski definition) is 0. The van der Waals surface area contributed by atoms with Crippen molar-refractivity contribution in [3.05, 3.63) is 59.7 Å². The molecule has 1 aromatic carbocycles. The highest BCUT2D eigenvalue weighted by Gasteiger charge is 2.35. The third-order valence-corrected chi connectivity index (χ3v) is 5.58. The van der Waals surface area contributed by atoms with E-state index < -0.39 is 0 Å². The second-order valence-corrected chi connectivity index (χ2v) is 7.52. The Bertz CT molecular complexity index is 928. The fourth-order valence-corrected chi connectivity index (χ4v) is 4.12. The smallest absolute Gasteiger partial charge is 0.172 e. The van der Waals surface area contributed by atoms with Crippen LogP contribution in [0.15, 0.2) is 36.9 Å². The van der Waals surface area contributed by atoms with Gasteiger partial charge >= 0.3 is 0 Å². The molecule has 2 aromatic heterocycles. The molecule has 2 atom stereocenters. The van der Waals surface area contributed by atoms with E-state index in [1.54, 1.807) is 11.0 Å². The number of Topliss-reactive ketones (excluding diaryl/α,β-unsaturated/α-hetero) is 1. The van der Waals surface area contributed by atoms with Gasteiger partial charge < -0.3 is 0 Å². The van der Waals surface area contributed by atoms with E-state index in [1.807, 2.05) is 35.9 Å². The molecule has 28 heavy (non-hydrogen) atoms. The van der Waals surface area contributed by atoms with Gasteiger partial charge in [0.2, 0.25) is 0 Å². The van der Waals surface area contributed by atoms with E-state index in [4.69, 9.17) is 4.98 Å². The summed E-state index contributed by atoms with van der Waals surface area (Å²) in [5.74, 6) is 1.95. The van der Waals surface area contributed by atoms with Crippen LogP contribution in [0.5, 0.6) is 0 Å². The highest BCUT2D eigenvalue weighted by molar-refractivity contribution is 5.98. The minimum Gasteiger partial charge on any atom is -0.294 e. The Morgan fingerprint density at radius 1 is 1.18 bits per heavy atom. The van der Waals surface area contributed by atoms with Crippen molar-refractivity contribution in [2.24, 2.45) is 5.92 Å². The van der Waals surface area contributed by atoms with Crippen LogP contribution in [-0.2, 0) is 13.1 Å². The van der Waals surface area contributed by atoms with Crippen molar-refractivity contribution < 1.29 is 4.79 Å². The topological polar surface area (TPSA) is 78.5 Å². The fraction of sp³-hybridized carbons (Fsp3) is 0.476. The lowest BCUT2D eigenvalue weighted by Crippen LogP contribution is -2.28. The van der Waals surface area contributed by atoms with Gasteiger partial charge in [0.25, 0.3) is 0 Å². The first kappa shape index (κ1) is 18.5. The number of carbonyl (C=O) groups excluding carboxylic acids is 1. The minimum atomic E-state index is -0.0369. The van der Waals surface area contributed by atoms with E-state index >= 15 is 0 Å². The Labute approximate surface area is 164 Å². The van der Waals surface area contributed by atoms with Crippen LogP contribution in [0.25, 0.3) is 0 Å². The average molecular weight is 378 g/mol. The van der Waals surface area contributed by atoms with Gasteiger partial charge in [-0.05, 0) is 26.7 Å². The number of rotatable bonds is 6. The van der Waals surface area contributed by atoms with Crippen molar-refractivity contribution in [2.75, 3.05) is 0 Å². The van der Waals surface area contributed by atoms with E-state index in [-0.39, 0.29) is 17.6 Å². The van der Waals surface area contributed by atoms with Gasteiger partial charge in [0.15, 0.2) is 11.6 Å². The van der Waals surface area contributed by atoms with Crippen LogP contribution in [0.3, 0.4) is 0 Å². The maximum Gasteiger partial charge on any atom is 0.172 e. The van der Waals surface area contributed by atoms with E-state index in [0.29, 0.717) is 6.54 Å². The molecule has 0 radical (unpaired) electrons. The highest BCUT2D eigenvalue weighted by atomic mass is 16.1. The normalized spacial score (nSPS) is 19.6. The van der Waals surface area contributed by atoms with Gasteiger partial charge in [-0.25, -0.2) is 19.3 Å². The average Bonchev–Trinajstić information content (AvgIpc) is 3.38. The van der Waals surface area contributed by atoms with Crippen LogP contribution < -0.4 is 0 Å². The van der Waals surface area contributed by atoms with E-state index in [2.05, 4.69) is 22.1 Å². The molecule has 2 heterocycles. The van der Waals surface area contributed by atoms with Crippen molar-refractivity contribution in [3.63, 3.8) is 0 Å². The number of aryl methyl sites for hydroxylation is 2.